The summed E-state index contributed by atoms with van der Waals surface area (Å²) in [5.41, 5.74) is 1.32. The van der Waals surface area contributed by atoms with Gasteiger partial charge in [-0.25, -0.2) is 9.97 Å². The van der Waals surface area contributed by atoms with Crippen LogP contribution < -0.4 is 9.80 Å². The van der Waals surface area contributed by atoms with Gasteiger partial charge in [0, 0.05) is 50.8 Å². The molecule has 1 aromatic heterocycles. The van der Waals surface area contributed by atoms with Gasteiger partial charge in [0.1, 0.15) is 6.07 Å². The van der Waals surface area contributed by atoms with Gasteiger partial charge in [0.15, 0.2) is 11.5 Å². The number of hydrogen-bond donors (Lipinski definition) is 0. The number of carbonyl (C=O) groups is 1. The molecule has 1 aromatic carbocycles. The minimum Gasteiger partial charge on any atom is -0.352 e. The molecule has 2 fully saturated rings. The third kappa shape index (κ3) is 3.00. The molecule has 0 saturated carbocycles. The van der Waals surface area contributed by atoms with E-state index in [4.69, 9.17) is 0 Å². The molecule has 2 aromatic rings. The monoisotopic (exact) mass is 348 g/mol. The Morgan fingerprint density at radius 2 is 1.73 bits per heavy atom. The van der Waals surface area contributed by atoms with E-state index in [9.17, 15) is 10.1 Å². The first-order chi connectivity index (χ1) is 12.8. The van der Waals surface area contributed by atoms with Crippen molar-refractivity contribution in [3.05, 3.63) is 48.4 Å². The molecule has 0 N–H and O–H groups in total. The number of nitrogens with zero attached hydrogens (tertiary/aromatic N) is 6. The third-order valence-corrected chi connectivity index (χ3v) is 5.08. The number of piperazine rings is 1. The van der Waals surface area contributed by atoms with E-state index in [0.717, 1.165) is 44.8 Å². The Morgan fingerprint density at radius 3 is 2.46 bits per heavy atom. The average Bonchev–Trinajstić information content (AvgIpc) is 3.10. The minimum absolute atomic E-state index is 0.0605. The molecule has 7 heteroatoms. The van der Waals surface area contributed by atoms with Gasteiger partial charge >= 0.3 is 0 Å². The molecule has 132 valence electrons. The first-order valence-corrected chi connectivity index (χ1v) is 8.84. The molecule has 0 bridgehead atoms. The van der Waals surface area contributed by atoms with Crippen molar-refractivity contribution >= 4 is 17.4 Å². The maximum atomic E-state index is 12.9. The second kappa shape index (κ2) is 7.10. The Morgan fingerprint density at radius 1 is 1.00 bits per heavy atom. The molecule has 26 heavy (non-hydrogen) atoms. The Balaban J connectivity index is 1.41. The Kier molecular flexibility index (Phi) is 4.50. The van der Waals surface area contributed by atoms with E-state index in [2.05, 4.69) is 25.8 Å². The van der Waals surface area contributed by atoms with Crippen LogP contribution in [0.2, 0.25) is 0 Å². The summed E-state index contributed by atoms with van der Waals surface area (Å²) in [5, 5.41) is 9.21. The van der Waals surface area contributed by atoms with Crippen LogP contribution in [0, 0.1) is 11.3 Å². The van der Waals surface area contributed by atoms with Crippen LogP contribution in [0.3, 0.4) is 0 Å². The molecular weight excluding hydrogens is 328 g/mol. The van der Waals surface area contributed by atoms with Crippen molar-refractivity contribution in [2.45, 2.75) is 12.5 Å². The lowest BCUT2D eigenvalue weighted by atomic mass is 10.1. The molecule has 0 radical (unpaired) electrons. The number of aromatic nitrogens is 2. The fourth-order valence-corrected chi connectivity index (χ4v) is 3.75. The van der Waals surface area contributed by atoms with Crippen LogP contribution in [0.5, 0.6) is 0 Å². The van der Waals surface area contributed by atoms with Gasteiger partial charge in [-0.3, -0.25) is 9.69 Å². The third-order valence-electron chi connectivity index (χ3n) is 5.08. The summed E-state index contributed by atoms with van der Waals surface area (Å²) in [7, 11) is 0. The van der Waals surface area contributed by atoms with Gasteiger partial charge in [-0.15, -0.1) is 0 Å². The van der Waals surface area contributed by atoms with E-state index in [1.165, 1.54) is 6.20 Å². The maximum absolute atomic E-state index is 12.9. The summed E-state index contributed by atoms with van der Waals surface area (Å²) in [6, 6.07) is 11.9. The van der Waals surface area contributed by atoms with E-state index in [1.807, 2.05) is 35.2 Å². The van der Waals surface area contributed by atoms with Crippen LogP contribution in [0.1, 0.15) is 12.1 Å². The number of benzene rings is 1. The van der Waals surface area contributed by atoms with Gasteiger partial charge in [0.25, 0.3) is 0 Å². The minimum atomic E-state index is -0.0605. The second-order valence-corrected chi connectivity index (χ2v) is 6.49. The van der Waals surface area contributed by atoms with Crippen molar-refractivity contribution in [1.82, 2.24) is 14.9 Å². The van der Waals surface area contributed by atoms with Gasteiger partial charge in [-0.2, -0.15) is 5.26 Å². The summed E-state index contributed by atoms with van der Waals surface area (Å²) in [4.78, 5) is 27.5. The number of amides is 1. The highest BCUT2D eigenvalue weighted by atomic mass is 16.2. The van der Waals surface area contributed by atoms with Crippen LogP contribution in [0.4, 0.5) is 11.5 Å². The molecule has 0 unspecified atom stereocenters. The number of rotatable bonds is 3. The van der Waals surface area contributed by atoms with Crippen molar-refractivity contribution in [2.75, 3.05) is 42.5 Å². The average molecular weight is 348 g/mol. The summed E-state index contributed by atoms with van der Waals surface area (Å²) in [5.74, 6) is 0.820. The SMILES string of the molecule is N#Cc1nccnc1N1CCN([C@@H]2CCN(c3ccccc3)C2=O)CC1. The van der Waals surface area contributed by atoms with E-state index < -0.39 is 0 Å². The maximum Gasteiger partial charge on any atom is 0.244 e. The quantitative estimate of drug-likeness (QED) is 0.832. The fraction of sp³-hybridized carbons (Fsp3) is 0.368. The Hall–Kier alpha value is -2.98. The number of hydrogen-bond acceptors (Lipinski definition) is 6. The van der Waals surface area contributed by atoms with Crippen LogP contribution in [-0.2, 0) is 4.79 Å². The molecular formula is C19H20N6O. The zero-order chi connectivity index (χ0) is 17.9. The summed E-state index contributed by atoms with van der Waals surface area (Å²) < 4.78 is 0. The first-order valence-electron chi connectivity index (χ1n) is 8.84. The summed E-state index contributed by atoms with van der Waals surface area (Å²) >= 11 is 0. The first kappa shape index (κ1) is 16.5. The highest BCUT2D eigenvalue weighted by Crippen LogP contribution is 2.25. The molecule has 7 nitrogen and oxygen atoms in total. The predicted octanol–water partition coefficient (Wildman–Crippen LogP) is 1.28. The van der Waals surface area contributed by atoms with E-state index in [1.54, 1.807) is 6.20 Å². The second-order valence-electron chi connectivity index (χ2n) is 6.49. The van der Waals surface area contributed by atoms with Crippen molar-refractivity contribution in [2.24, 2.45) is 0 Å². The molecule has 3 heterocycles. The summed E-state index contributed by atoms with van der Waals surface area (Å²) in [6.07, 6.45) is 4.00. The highest BCUT2D eigenvalue weighted by Gasteiger charge is 2.38. The molecule has 4 rings (SSSR count). The predicted molar refractivity (Wildman–Crippen MR) is 97.7 cm³/mol. The zero-order valence-electron chi connectivity index (χ0n) is 14.5. The van der Waals surface area contributed by atoms with Crippen molar-refractivity contribution in [1.29, 1.82) is 5.26 Å². The number of para-hydroxylation sites is 1. The topological polar surface area (TPSA) is 76.4 Å². The Bertz CT molecular complexity index is 825. The van der Waals surface area contributed by atoms with Gasteiger partial charge in [-0.05, 0) is 18.6 Å². The lowest BCUT2D eigenvalue weighted by Gasteiger charge is -2.37. The van der Waals surface area contributed by atoms with Crippen LogP contribution in [-0.4, -0.2) is 59.5 Å². The normalized spacial score (nSPS) is 21.0. The van der Waals surface area contributed by atoms with Crippen molar-refractivity contribution < 1.29 is 4.79 Å². The van der Waals surface area contributed by atoms with Crippen molar-refractivity contribution in [3.63, 3.8) is 0 Å². The van der Waals surface area contributed by atoms with Crippen LogP contribution >= 0.6 is 0 Å². The molecule has 2 saturated heterocycles. The largest absolute Gasteiger partial charge is 0.352 e. The smallest absolute Gasteiger partial charge is 0.244 e. The van der Waals surface area contributed by atoms with Crippen LogP contribution in [0.25, 0.3) is 0 Å². The highest BCUT2D eigenvalue weighted by molar-refractivity contribution is 5.99. The molecule has 2 aliphatic heterocycles. The summed E-state index contributed by atoms with van der Waals surface area (Å²) in [6.45, 7) is 3.79. The number of anilines is 2. The number of nitriles is 1. The van der Waals surface area contributed by atoms with Gasteiger partial charge < -0.3 is 9.80 Å². The standard InChI is InChI=1S/C19H20N6O/c20-14-16-18(22-8-7-21-16)24-12-10-23(11-13-24)17-6-9-25(19(17)26)15-4-2-1-3-5-15/h1-5,7-8,17H,6,9-13H2/t17-/m1/s1. The Labute approximate surface area is 152 Å². The molecule has 0 aliphatic carbocycles. The van der Waals surface area contributed by atoms with Crippen LogP contribution in [0.15, 0.2) is 42.7 Å². The molecule has 0 spiro atoms. The molecule has 1 amide bonds. The van der Waals surface area contributed by atoms with E-state index in [0.29, 0.717) is 11.5 Å². The van der Waals surface area contributed by atoms with Gasteiger partial charge in [0.05, 0.1) is 6.04 Å². The molecule has 1 atom stereocenters. The van der Waals surface area contributed by atoms with E-state index in [-0.39, 0.29) is 11.9 Å². The number of carbonyl (C=O) groups excluding carboxylic acids is 1. The van der Waals surface area contributed by atoms with Gasteiger partial charge in [0.2, 0.25) is 5.91 Å². The lowest BCUT2D eigenvalue weighted by molar-refractivity contribution is -0.121. The van der Waals surface area contributed by atoms with Gasteiger partial charge in [-0.1, -0.05) is 18.2 Å². The lowest BCUT2D eigenvalue weighted by Crippen LogP contribution is -2.53. The van der Waals surface area contributed by atoms with E-state index >= 15 is 0 Å². The fourth-order valence-electron chi connectivity index (χ4n) is 3.75. The molecule has 2 aliphatic rings. The zero-order valence-corrected chi connectivity index (χ0v) is 14.5. The van der Waals surface area contributed by atoms with Crippen molar-refractivity contribution in [3.8, 4) is 6.07 Å².